The molecule has 0 atom stereocenters. The fraction of sp³-hybridized carbons (Fsp3) is 0.154. The first-order chi connectivity index (χ1) is 10.5. The number of hydrogen-bond donors (Lipinski definition) is 2. The van der Waals surface area contributed by atoms with Crippen molar-refractivity contribution in [3.63, 3.8) is 0 Å². The zero-order valence-electron chi connectivity index (χ0n) is 11.0. The first kappa shape index (κ1) is 16.7. The number of nitrogens with zero attached hydrogens (tertiary/aromatic N) is 1. The Morgan fingerprint density at radius 2 is 1.73 bits per heavy atom. The fourth-order valence-electron chi connectivity index (χ4n) is 1.55. The standard InChI is InChI=1S/C13H10F2IN3O2S/c14-8-5-7(6-9(15)12(8)16)18-10(20)1-2-11(21)19-13-17-3-4-22-13/h3-6H,1-2H2,(H,18,20)(H,17,19,21). The van der Waals surface area contributed by atoms with Crippen molar-refractivity contribution in [2.45, 2.75) is 12.8 Å². The van der Waals surface area contributed by atoms with Gasteiger partial charge < -0.3 is 10.6 Å². The lowest BCUT2D eigenvalue weighted by molar-refractivity contribution is -0.121. The van der Waals surface area contributed by atoms with Gasteiger partial charge >= 0.3 is 0 Å². The highest BCUT2D eigenvalue weighted by Crippen LogP contribution is 2.20. The molecule has 2 aromatic rings. The minimum atomic E-state index is -0.752. The largest absolute Gasteiger partial charge is 0.326 e. The summed E-state index contributed by atoms with van der Waals surface area (Å²) >= 11 is 2.80. The van der Waals surface area contributed by atoms with Crippen molar-refractivity contribution in [3.05, 3.63) is 38.9 Å². The molecule has 22 heavy (non-hydrogen) atoms. The summed E-state index contributed by atoms with van der Waals surface area (Å²) in [5.41, 5.74) is 0.0146. The number of anilines is 2. The molecule has 2 N–H and O–H groups in total. The van der Waals surface area contributed by atoms with Gasteiger partial charge in [0, 0.05) is 30.1 Å². The van der Waals surface area contributed by atoms with Crippen LogP contribution in [0.4, 0.5) is 19.6 Å². The molecule has 1 aromatic carbocycles. The molecule has 0 spiro atoms. The van der Waals surface area contributed by atoms with Gasteiger partial charge in [0.15, 0.2) is 5.13 Å². The van der Waals surface area contributed by atoms with Crippen LogP contribution in [0.2, 0.25) is 0 Å². The number of nitrogens with one attached hydrogen (secondary N) is 2. The summed E-state index contributed by atoms with van der Waals surface area (Å²) in [5, 5.41) is 7.05. The van der Waals surface area contributed by atoms with E-state index in [2.05, 4.69) is 15.6 Å². The lowest BCUT2D eigenvalue weighted by Crippen LogP contribution is -2.17. The van der Waals surface area contributed by atoms with Gasteiger partial charge in [0.05, 0.1) is 3.57 Å². The van der Waals surface area contributed by atoms with Gasteiger partial charge in [-0.05, 0) is 34.7 Å². The highest BCUT2D eigenvalue weighted by molar-refractivity contribution is 14.1. The number of rotatable bonds is 5. The molecule has 0 aliphatic carbocycles. The Hall–Kier alpha value is -1.62. The topological polar surface area (TPSA) is 71.1 Å². The molecule has 9 heteroatoms. The van der Waals surface area contributed by atoms with Gasteiger partial charge in [0.25, 0.3) is 0 Å². The van der Waals surface area contributed by atoms with Crippen LogP contribution in [0.15, 0.2) is 23.7 Å². The second kappa shape index (κ2) is 7.58. The molecule has 1 heterocycles. The summed E-state index contributed by atoms with van der Waals surface area (Å²) in [6, 6.07) is 2.05. The van der Waals surface area contributed by atoms with Gasteiger partial charge in [-0.3, -0.25) is 9.59 Å². The second-order valence-corrected chi connectivity index (χ2v) is 6.16. The van der Waals surface area contributed by atoms with Crippen LogP contribution in [0.25, 0.3) is 0 Å². The lowest BCUT2D eigenvalue weighted by Gasteiger charge is -2.07. The Morgan fingerprint density at radius 1 is 1.14 bits per heavy atom. The van der Waals surface area contributed by atoms with Crippen LogP contribution in [0.3, 0.4) is 0 Å². The highest BCUT2D eigenvalue weighted by Gasteiger charge is 2.12. The Balaban J connectivity index is 1.84. The maximum atomic E-state index is 13.3. The molecule has 0 aliphatic heterocycles. The van der Waals surface area contributed by atoms with E-state index in [4.69, 9.17) is 0 Å². The molecule has 5 nitrogen and oxygen atoms in total. The zero-order chi connectivity index (χ0) is 16.1. The van der Waals surface area contributed by atoms with Gasteiger partial charge in [-0.2, -0.15) is 0 Å². The smallest absolute Gasteiger partial charge is 0.226 e. The number of hydrogen-bond acceptors (Lipinski definition) is 4. The molecule has 0 saturated heterocycles. The van der Waals surface area contributed by atoms with Crippen molar-refractivity contribution in [3.8, 4) is 0 Å². The predicted octanol–water partition coefficient (Wildman–Crippen LogP) is 3.38. The summed E-state index contributed by atoms with van der Waals surface area (Å²) in [5.74, 6) is -2.37. The van der Waals surface area contributed by atoms with Crippen molar-refractivity contribution < 1.29 is 18.4 Å². The molecule has 1 aromatic heterocycles. The molecule has 0 bridgehead atoms. The average Bonchev–Trinajstić information content (AvgIpc) is 2.95. The quantitative estimate of drug-likeness (QED) is 0.557. The number of aromatic nitrogens is 1. The van der Waals surface area contributed by atoms with Crippen LogP contribution < -0.4 is 10.6 Å². The van der Waals surface area contributed by atoms with Gasteiger partial charge in [0.1, 0.15) is 11.6 Å². The third-order valence-corrected chi connectivity index (χ3v) is 4.24. The Bertz CT molecular complexity index is 672. The van der Waals surface area contributed by atoms with Crippen LogP contribution in [0.1, 0.15) is 12.8 Å². The number of amides is 2. The Kier molecular flexibility index (Phi) is 5.77. The SMILES string of the molecule is O=C(CCC(=O)Nc1nccs1)Nc1cc(F)c(I)c(F)c1. The van der Waals surface area contributed by atoms with E-state index in [0.29, 0.717) is 5.13 Å². The first-order valence-corrected chi connectivity index (χ1v) is 8.05. The number of thiazole rings is 1. The maximum Gasteiger partial charge on any atom is 0.226 e. The van der Waals surface area contributed by atoms with E-state index in [-0.39, 0.29) is 28.0 Å². The molecule has 2 rings (SSSR count). The van der Waals surface area contributed by atoms with E-state index in [0.717, 1.165) is 12.1 Å². The van der Waals surface area contributed by atoms with Gasteiger partial charge in [0.2, 0.25) is 11.8 Å². The molecule has 2 amide bonds. The van der Waals surface area contributed by atoms with Crippen molar-refractivity contribution in [2.24, 2.45) is 0 Å². The summed E-state index contributed by atoms with van der Waals surface area (Å²) in [6.07, 6.45) is 1.39. The molecule has 0 unspecified atom stereocenters. The number of carbonyl (C=O) groups excluding carboxylic acids is 2. The Morgan fingerprint density at radius 3 is 2.27 bits per heavy atom. The van der Waals surface area contributed by atoms with Crippen molar-refractivity contribution >= 4 is 56.6 Å². The Labute approximate surface area is 142 Å². The molecular weight excluding hydrogens is 427 g/mol. The molecule has 116 valence electrons. The van der Waals surface area contributed by atoms with Crippen molar-refractivity contribution in [2.75, 3.05) is 10.6 Å². The molecule has 0 fully saturated rings. The van der Waals surface area contributed by atoms with Crippen LogP contribution in [-0.4, -0.2) is 16.8 Å². The normalized spacial score (nSPS) is 10.3. The third-order valence-electron chi connectivity index (χ3n) is 2.53. The molecule has 0 aliphatic rings. The zero-order valence-corrected chi connectivity index (χ0v) is 14.0. The maximum absolute atomic E-state index is 13.3. The van der Waals surface area contributed by atoms with Crippen molar-refractivity contribution in [1.82, 2.24) is 4.98 Å². The second-order valence-electron chi connectivity index (χ2n) is 4.19. The number of halogens is 3. The highest BCUT2D eigenvalue weighted by atomic mass is 127. The van der Waals surface area contributed by atoms with Crippen LogP contribution >= 0.6 is 33.9 Å². The molecule has 0 radical (unpaired) electrons. The van der Waals surface area contributed by atoms with Crippen molar-refractivity contribution in [1.29, 1.82) is 0 Å². The summed E-state index contributed by atoms with van der Waals surface area (Å²) in [6.45, 7) is 0. The van der Waals surface area contributed by atoms with Gasteiger partial charge in [-0.25, -0.2) is 13.8 Å². The lowest BCUT2D eigenvalue weighted by atomic mass is 10.2. The number of carbonyl (C=O) groups is 2. The third kappa shape index (κ3) is 4.70. The summed E-state index contributed by atoms with van der Waals surface area (Å²) < 4.78 is 26.6. The van der Waals surface area contributed by atoms with Crippen LogP contribution in [0, 0.1) is 15.2 Å². The average molecular weight is 437 g/mol. The monoisotopic (exact) mass is 437 g/mol. The van der Waals surface area contributed by atoms with E-state index >= 15 is 0 Å². The van der Waals surface area contributed by atoms with E-state index in [9.17, 15) is 18.4 Å². The minimum absolute atomic E-state index is 0.0146. The number of benzene rings is 1. The van der Waals surface area contributed by atoms with Crippen LogP contribution in [-0.2, 0) is 9.59 Å². The van der Waals surface area contributed by atoms with E-state index < -0.39 is 17.5 Å². The fourth-order valence-corrected chi connectivity index (χ4v) is 2.40. The van der Waals surface area contributed by atoms with E-state index in [1.54, 1.807) is 11.6 Å². The first-order valence-electron chi connectivity index (χ1n) is 6.09. The van der Waals surface area contributed by atoms with Gasteiger partial charge in [-0.1, -0.05) is 0 Å². The molecular formula is C13H10F2IN3O2S. The minimum Gasteiger partial charge on any atom is -0.326 e. The van der Waals surface area contributed by atoms with Gasteiger partial charge in [-0.15, -0.1) is 11.3 Å². The predicted molar refractivity (Wildman–Crippen MR) is 87.7 cm³/mol. The van der Waals surface area contributed by atoms with Crippen LogP contribution in [0.5, 0.6) is 0 Å². The van der Waals surface area contributed by atoms with E-state index in [1.807, 2.05) is 0 Å². The molecule has 0 saturated carbocycles. The van der Waals surface area contributed by atoms with E-state index in [1.165, 1.54) is 33.9 Å². The summed E-state index contributed by atoms with van der Waals surface area (Å²) in [7, 11) is 0. The summed E-state index contributed by atoms with van der Waals surface area (Å²) in [4.78, 5) is 27.1.